The van der Waals surface area contributed by atoms with Gasteiger partial charge >= 0.3 is 0 Å². The predicted molar refractivity (Wildman–Crippen MR) is 98.3 cm³/mol. The number of amides is 1. The highest BCUT2D eigenvalue weighted by Crippen LogP contribution is 2.17. The normalized spacial score (nSPS) is 24.1. The van der Waals surface area contributed by atoms with Crippen LogP contribution in [0.1, 0.15) is 32.1 Å². The van der Waals surface area contributed by atoms with E-state index in [1.807, 2.05) is 11.0 Å². The van der Waals surface area contributed by atoms with Crippen molar-refractivity contribution in [3.8, 4) is 0 Å². The molecule has 0 aliphatic carbocycles. The third kappa shape index (κ3) is 5.57. The summed E-state index contributed by atoms with van der Waals surface area (Å²) in [4.78, 5) is 18.5. The lowest BCUT2D eigenvalue weighted by atomic mass is 10.1. The van der Waals surface area contributed by atoms with E-state index in [-0.39, 0.29) is 12.0 Å². The summed E-state index contributed by atoms with van der Waals surface area (Å²) in [6.07, 6.45) is 7.27. The molecule has 138 valence electrons. The number of anilines is 2. The van der Waals surface area contributed by atoms with Gasteiger partial charge in [-0.1, -0.05) is 0 Å². The summed E-state index contributed by atoms with van der Waals surface area (Å²) in [5.74, 6) is 0.714. The Kier molecular flexibility index (Phi) is 6.47. The maximum Gasteiger partial charge on any atom is 0.236 e. The average Bonchev–Trinajstić information content (AvgIpc) is 3.02. The molecule has 7 nitrogen and oxygen atoms in total. The Balaban J connectivity index is 1.39. The minimum atomic E-state index is 0.188. The molecule has 25 heavy (non-hydrogen) atoms. The fourth-order valence-corrected chi connectivity index (χ4v) is 3.47. The molecule has 3 heterocycles. The van der Waals surface area contributed by atoms with Crippen molar-refractivity contribution in [3.63, 3.8) is 0 Å². The first-order valence-electron chi connectivity index (χ1n) is 9.29. The fraction of sp³-hybridized carbons (Fsp3) is 0.667. The highest BCUT2D eigenvalue weighted by atomic mass is 16.5. The first-order valence-corrected chi connectivity index (χ1v) is 9.29. The van der Waals surface area contributed by atoms with Crippen molar-refractivity contribution in [2.45, 2.75) is 44.2 Å². The Hall–Kier alpha value is -1.86. The van der Waals surface area contributed by atoms with Crippen molar-refractivity contribution in [1.82, 2.24) is 15.2 Å². The third-order valence-corrected chi connectivity index (χ3v) is 4.91. The maximum atomic E-state index is 12.4. The number of ether oxygens (including phenoxy) is 1. The summed E-state index contributed by atoms with van der Waals surface area (Å²) in [5, 5.41) is 6.75. The van der Waals surface area contributed by atoms with E-state index < -0.39 is 0 Å². The highest BCUT2D eigenvalue weighted by Gasteiger charge is 2.21. The number of hydrogen-bond acceptors (Lipinski definition) is 6. The lowest BCUT2D eigenvalue weighted by Crippen LogP contribution is -2.41. The molecule has 1 aromatic heterocycles. The summed E-state index contributed by atoms with van der Waals surface area (Å²) < 4.78 is 5.57. The smallest absolute Gasteiger partial charge is 0.236 e. The molecule has 2 fully saturated rings. The van der Waals surface area contributed by atoms with Crippen LogP contribution in [0.4, 0.5) is 11.5 Å². The molecule has 3 rings (SSSR count). The van der Waals surface area contributed by atoms with E-state index in [0.29, 0.717) is 18.4 Å². The van der Waals surface area contributed by atoms with Crippen LogP contribution in [0.15, 0.2) is 18.3 Å². The topological polar surface area (TPSA) is 92.5 Å². The quantitative estimate of drug-likeness (QED) is 0.717. The van der Waals surface area contributed by atoms with E-state index in [4.69, 9.17) is 10.5 Å². The van der Waals surface area contributed by atoms with Crippen molar-refractivity contribution in [2.24, 2.45) is 0 Å². The molecular weight excluding hydrogens is 318 g/mol. The van der Waals surface area contributed by atoms with E-state index in [0.717, 1.165) is 64.0 Å². The number of nitrogen functional groups attached to an aromatic ring is 1. The zero-order valence-electron chi connectivity index (χ0n) is 14.7. The summed E-state index contributed by atoms with van der Waals surface area (Å²) in [6, 6.07) is 4.11. The first-order chi connectivity index (χ1) is 12.2. The molecule has 0 bridgehead atoms. The number of nitrogens with two attached hydrogens (primary N) is 1. The molecule has 7 heteroatoms. The number of aromatic nitrogens is 1. The molecule has 2 saturated heterocycles. The van der Waals surface area contributed by atoms with Gasteiger partial charge in [-0.05, 0) is 44.2 Å². The van der Waals surface area contributed by atoms with Crippen LogP contribution in [0.2, 0.25) is 0 Å². The third-order valence-electron chi connectivity index (χ3n) is 4.91. The molecule has 0 radical (unpaired) electrons. The van der Waals surface area contributed by atoms with Gasteiger partial charge in [0.25, 0.3) is 0 Å². The number of nitrogens with zero attached hydrogens (tertiary/aromatic N) is 2. The molecule has 2 unspecified atom stereocenters. The maximum absolute atomic E-state index is 12.4. The zero-order chi connectivity index (χ0) is 17.5. The number of hydrogen-bond donors (Lipinski definition) is 3. The van der Waals surface area contributed by atoms with E-state index in [2.05, 4.69) is 15.6 Å². The van der Waals surface area contributed by atoms with Crippen molar-refractivity contribution < 1.29 is 9.53 Å². The average molecular weight is 347 g/mol. The van der Waals surface area contributed by atoms with Crippen molar-refractivity contribution in [2.75, 3.05) is 43.8 Å². The molecule has 2 aliphatic rings. The van der Waals surface area contributed by atoms with Gasteiger partial charge in [0.1, 0.15) is 5.82 Å². The second kappa shape index (κ2) is 9.01. The van der Waals surface area contributed by atoms with Gasteiger partial charge in [0.2, 0.25) is 5.91 Å². The number of rotatable bonds is 6. The summed E-state index contributed by atoms with van der Waals surface area (Å²) in [7, 11) is 0. The molecule has 4 N–H and O–H groups in total. The van der Waals surface area contributed by atoms with Crippen molar-refractivity contribution >= 4 is 17.4 Å². The number of carbonyl (C=O) groups is 1. The first kappa shape index (κ1) is 17.9. The van der Waals surface area contributed by atoms with Gasteiger partial charge in [-0.15, -0.1) is 0 Å². The lowest BCUT2D eigenvalue weighted by Gasteiger charge is -2.22. The monoisotopic (exact) mass is 347 g/mol. The van der Waals surface area contributed by atoms with Crippen LogP contribution in [-0.2, 0) is 9.53 Å². The largest absolute Gasteiger partial charge is 0.384 e. The predicted octanol–water partition coefficient (Wildman–Crippen LogP) is 1.23. The molecule has 2 aliphatic heterocycles. The van der Waals surface area contributed by atoms with Gasteiger partial charge in [0.15, 0.2) is 0 Å². The minimum Gasteiger partial charge on any atom is -0.384 e. The van der Waals surface area contributed by atoms with Crippen LogP contribution in [-0.4, -0.2) is 60.7 Å². The van der Waals surface area contributed by atoms with Crippen LogP contribution in [0, 0.1) is 0 Å². The van der Waals surface area contributed by atoms with Crippen LogP contribution in [0.25, 0.3) is 0 Å². The second-order valence-electron chi connectivity index (χ2n) is 6.89. The summed E-state index contributed by atoms with van der Waals surface area (Å²) in [5.41, 5.74) is 6.60. The zero-order valence-corrected chi connectivity index (χ0v) is 14.7. The number of likely N-dealkylation sites (tertiary alicyclic amines) is 1. The van der Waals surface area contributed by atoms with E-state index in [1.165, 1.54) is 0 Å². The molecule has 1 aromatic rings. The molecule has 0 saturated carbocycles. The Morgan fingerprint density at radius 2 is 2.20 bits per heavy atom. The fourth-order valence-electron chi connectivity index (χ4n) is 3.47. The standard InChI is InChI=1S/C18H29N5O2/c19-17-6-5-15(11-21-17)22-14-3-1-8-23(9-7-14)18(24)13-20-12-16-4-2-10-25-16/h5-6,11,14,16,20,22H,1-4,7-10,12-13H2,(H2,19,21). The van der Waals surface area contributed by atoms with Gasteiger partial charge in [0, 0.05) is 32.3 Å². The van der Waals surface area contributed by atoms with E-state index in [1.54, 1.807) is 12.3 Å². The van der Waals surface area contributed by atoms with Gasteiger partial charge in [0.05, 0.1) is 24.5 Å². The van der Waals surface area contributed by atoms with Gasteiger partial charge in [-0.25, -0.2) is 4.98 Å². The minimum absolute atomic E-state index is 0.188. The Morgan fingerprint density at radius 3 is 2.96 bits per heavy atom. The van der Waals surface area contributed by atoms with Crippen molar-refractivity contribution in [1.29, 1.82) is 0 Å². The summed E-state index contributed by atoms with van der Waals surface area (Å²) >= 11 is 0. The lowest BCUT2D eigenvalue weighted by molar-refractivity contribution is -0.130. The Bertz CT molecular complexity index is 545. The number of nitrogens with one attached hydrogen (secondary N) is 2. The molecule has 2 atom stereocenters. The summed E-state index contributed by atoms with van der Waals surface area (Å²) in [6.45, 7) is 3.65. The molecule has 0 aromatic carbocycles. The second-order valence-corrected chi connectivity index (χ2v) is 6.89. The molecular formula is C18H29N5O2. The van der Waals surface area contributed by atoms with Crippen LogP contribution in [0.3, 0.4) is 0 Å². The van der Waals surface area contributed by atoms with Crippen LogP contribution in [0.5, 0.6) is 0 Å². The van der Waals surface area contributed by atoms with Crippen LogP contribution < -0.4 is 16.4 Å². The van der Waals surface area contributed by atoms with Gasteiger partial charge < -0.3 is 26.0 Å². The molecule has 1 amide bonds. The highest BCUT2D eigenvalue weighted by molar-refractivity contribution is 5.78. The number of carbonyl (C=O) groups excluding carboxylic acids is 1. The van der Waals surface area contributed by atoms with Gasteiger partial charge in [-0.3, -0.25) is 4.79 Å². The van der Waals surface area contributed by atoms with E-state index in [9.17, 15) is 4.79 Å². The number of pyridine rings is 1. The SMILES string of the molecule is Nc1ccc(NC2CCCN(C(=O)CNCC3CCCO3)CC2)cn1. The van der Waals surface area contributed by atoms with Gasteiger partial charge in [-0.2, -0.15) is 0 Å². The van der Waals surface area contributed by atoms with Crippen molar-refractivity contribution in [3.05, 3.63) is 18.3 Å². The Morgan fingerprint density at radius 1 is 1.28 bits per heavy atom. The Labute approximate surface area is 149 Å². The molecule has 0 spiro atoms. The van der Waals surface area contributed by atoms with E-state index >= 15 is 0 Å². The van der Waals surface area contributed by atoms with Crippen LogP contribution >= 0.6 is 0 Å².